The van der Waals surface area contributed by atoms with E-state index in [0.29, 0.717) is 22.9 Å². The van der Waals surface area contributed by atoms with Gasteiger partial charge in [0.1, 0.15) is 23.2 Å². The first-order chi connectivity index (χ1) is 14.0. The monoisotopic (exact) mass is 408 g/mol. The van der Waals surface area contributed by atoms with Crippen molar-refractivity contribution < 1.29 is 13.9 Å². The summed E-state index contributed by atoms with van der Waals surface area (Å²) < 4.78 is 18.9. The quantitative estimate of drug-likeness (QED) is 0.742. The largest absolute Gasteiger partial charge is 0.488 e. The van der Waals surface area contributed by atoms with Crippen molar-refractivity contribution in [3.05, 3.63) is 71.0 Å². The summed E-state index contributed by atoms with van der Waals surface area (Å²) in [6.07, 6.45) is 2.30. The molecule has 0 aromatic heterocycles. The number of nitrogens with one attached hydrogen (secondary N) is 1. The summed E-state index contributed by atoms with van der Waals surface area (Å²) in [6.45, 7) is 2.21. The summed E-state index contributed by atoms with van der Waals surface area (Å²) in [4.78, 5) is 16.6. The van der Waals surface area contributed by atoms with Gasteiger partial charge in [-0.1, -0.05) is 37.3 Å². The van der Waals surface area contributed by atoms with E-state index >= 15 is 0 Å². The van der Waals surface area contributed by atoms with Gasteiger partial charge in [-0.3, -0.25) is 10.2 Å². The SMILES string of the molecule is CCC1=NN2C(=N)C(=Cc3ccccc3OCc3ccc(F)cc3)C(=O)N=C2S1. The van der Waals surface area contributed by atoms with Crippen LogP contribution in [0.25, 0.3) is 6.08 Å². The molecule has 146 valence electrons. The molecule has 2 aromatic carbocycles. The molecular weight excluding hydrogens is 391 g/mol. The van der Waals surface area contributed by atoms with E-state index in [4.69, 9.17) is 10.1 Å². The van der Waals surface area contributed by atoms with Crippen molar-refractivity contribution in [3.63, 3.8) is 0 Å². The zero-order chi connectivity index (χ0) is 20.4. The molecule has 1 amide bonds. The van der Waals surface area contributed by atoms with E-state index in [9.17, 15) is 9.18 Å². The van der Waals surface area contributed by atoms with Crippen molar-refractivity contribution in [2.45, 2.75) is 20.0 Å². The lowest BCUT2D eigenvalue weighted by atomic mass is 10.1. The van der Waals surface area contributed by atoms with Crippen LogP contribution in [0.4, 0.5) is 4.39 Å². The van der Waals surface area contributed by atoms with Gasteiger partial charge in [-0.05, 0) is 48.0 Å². The number of hydrazone groups is 1. The van der Waals surface area contributed by atoms with Crippen LogP contribution in [0.5, 0.6) is 5.75 Å². The molecular formula is C21H17FN4O2S. The number of rotatable bonds is 5. The van der Waals surface area contributed by atoms with E-state index in [-0.39, 0.29) is 23.8 Å². The standard InChI is InChI=1S/C21H17FN4O2S/c1-2-18-25-26-19(23)16(20(27)24-21(26)29-18)11-14-5-3-4-6-17(14)28-12-13-7-9-15(22)10-8-13/h3-11,23H,2,12H2,1H3. The first-order valence-corrected chi connectivity index (χ1v) is 9.82. The van der Waals surface area contributed by atoms with Gasteiger partial charge in [0.15, 0.2) is 5.84 Å². The minimum atomic E-state index is -0.477. The zero-order valence-corrected chi connectivity index (χ0v) is 16.4. The van der Waals surface area contributed by atoms with Crippen LogP contribution < -0.4 is 4.74 Å². The third kappa shape index (κ3) is 3.97. The van der Waals surface area contributed by atoms with Crippen LogP contribution in [0.1, 0.15) is 24.5 Å². The summed E-state index contributed by atoms with van der Waals surface area (Å²) >= 11 is 1.31. The Morgan fingerprint density at radius 2 is 1.97 bits per heavy atom. The fraction of sp³-hybridized carbons (Fsp3) is 0.143. The molecule has 0 saturated carbocycles. The smallest absolute Gasteiger partial charge is 0.283 e. The number of ether oxygens (including phenoxy) is 1. The number of amidine groups is 2. The summed E-state index contributed by atoms with van der Waals surface area (Å²) in [6, 6.07) is 13.3. The highest BCUT2D eigenvalue weighted by Crippen LogP contribution is 2.30. The molecule has 29 heavy (non-hydrogen) atoms. The maximum absolute atomic E-state index is 13.1. The highest BCUT2D eigenvalue weighted by atomic mass is 32.2. The van der Waals surface area contributed by atoms with Crippen molar-refractivity contribution in [2.24, 2.45) is 10.1 Å². The number of benzene rings is 2. The zero-order valence-electron chi connectivity index (χ0n) is 15.6. The summed E-state index contributed by atoms with van der Waals surface area (Å²) in [5.74, 6) is -0.241. The topological polar surface area (TPSA) is 78.1 Å². The summed E-state index contributed by atoms with van der Waals surface area (Å²) in [5, 5.41) is 15.4. The fourth-order valence-electron chi connectivity index (χ4n) is 2.80. The minimum Gasteiger partial charge on any atom is -0.488 e. The molecule has 4 rings (SSSR count). The number of hydrogen-bond donors (Lipinski definition) is 1. The second kappa shape index (κ2) is 8.00. The van der Waals surface area contributed by atoms with Crippen molar-refractivity contribution in [1.82, 2.24) is 5.01 Å². The molecule has 1 N–H and O–H groups in total. The average Bonchev–Trinajstić information content (AvgIpc) is 3.15. The van der Waals surface area contributed by atoms with Crippen molar-refractivity contribution in [3.8, 4) is 5.75 Å². The predicted octanol–water partition coefficient (Wildman–Crippen LogP) is 4.43. The highest BCUT2D eigenvalue weighted by Gasteiger charge is 2.35. The second-order valence-electron chi connectivity index (χ2n) is 6.32. The lowest BCUT2D eigenvalue weighted by molar-refractivity contribution is -0.114. The molecule has 0 radical (unpaired) electrons. The summed E-state index contributed by atoms with van der Waals surface area (Å²) in [7, 11) is 0. The molecule has 2 aliphatic heterocycles. The third-order valence-electron chi connectivity index (χ3n) is 4.33. The van der Waals surface area contributed by atoms with Gasteiger partial charge in [-0.25, -0.2) is 4.39 Å². The van der Waals surface area contributed by atoms with Crippen LogP contribution in [0.15, 0.2) is 64.2 Å². The van der Waals surface area contributed by atoms with Gasteiger partial charge in [0.25, 0.3) is 5.91 Å². The van der Waals surface area contributed by atoms with Crippen LogP contribution in [0.2, 0.25) is 0 Å². The Hall–Kier alpha value is -3.26. The number of amides is 1. The van der Waals surface area contributed by atoms with E-state index in [1.807, 2.05) is 19.1 Å². The third-order valence-corrected chi connectivity index (χ3v) is 5.38. The van der Waals surface area contributed by atoms with E-state index in [1.54, 1.807) is 30.3 Å². The van der Waals surface area contributed by atoms with Gasteiger partial charge in [-0.15, -0.1) is 0 Å². The molecule has 2 aromatic rings. The molecule has 0 aliphatic carbocycles. The number of thioether (sulfide) groups is 1. The Balaban J connectivity index is 1.60. The Kier molecular flexibility index (Phi) is 5.26. The van der Waals surface area contributed by atoms with Crippen molar-refractivity contribution in [2.75, 3.05) is 0 Å². The molecule has 0 atom stereocenters. The molecule has 8 heteroatoms. The molecule has 2 heterocycles. The van der Waals surface area contributed by atoms with Crippen LogP contribution >= 0.6 is 11.8 Å². The molecule has 0 spiro atoms. The van der Waals surface area contributed by atoms with Crippen LogP contribution in [-0.2, 0) is 11.4 Å². The predicted molar refractivity (Wildman–Crippen MR) is 112 cm³/mol. The molecule has 2 aliphatic rings. The Morgan fingerprint density at radius 3 is 2.72 bits per heavy atom. The first kappa shape index (κ1) is 19.1. The molecule has 6 nitrogen and oxygen atoms in total. The van der Waals surface area contributed by atoms with Crippen LogP contribution in [-0.4, -0.2) is 27.0 Å². The van der Waals surface area contributed by atoms with E-state index in [1.165, 1.54) is 28.9 Å². The number of aliphatic imine (C=N–C) groups is 1. The van der Waals surface area contributed by atoms with Crippen LogP contribution in [0.3, 0.4) is 0 Å². The van der Waals surface area contributed by atoms with E-state index in [2.05, 4.69) is 10.1 Å². The normalized spacial score (nSPS) is 17.3. The fourth-order valence-corrected chi connectivity index (χ4v) is 3.63. The van der Waals surface area contributed by atoms with E-state index < -0.39 is 5.91 Å². The highest BCUT2D eigenvalue weighted by molar-refractivity contribution is 8.26. The number of para-hydroxylation sites is 1. The van der Waals surface area contributed by atoms with Crippen molar-refractivity contribution >= 4 is 39.8 Å². The van der Waals surface area contributed by atoms with E-state index in [0.717, 1.165) is 10.6 Å². The van der Waals surface area contributed by atoms with Gasteiger partial charge in [0, 0.05) is 5.56 Å². The van der Waals surface area contributed by atoms with Gasteiger partial charge in [0.05, 0.1) is 5.57 Å². The number of hydrogen-bond acceptors (Lipinski definition) is 5. The van der Waals surface area contributed by atoms with Gasteiger partial charge in [0.2, 0.25) is 5.17 Å². The maximum Gasteiger partial charge on any atom is 0.283 e. The lowest BCUT2D eigenvalue weighted by Crippen LogP contribution is -2.35. The van der Waals surface area contributed by atoms with Crippen molar-refractivity contribution in [1.29, 1.82) is 5.41 Å². The van der Waals surface area contributed by atoms with Gasteiger partial charge >= 0.3 is 0 Å². The lowest BCUT2D eigenvalue weighted by Gasteiger charge is -2.20. The molecule has 0 unspecified atom stereocenters. The number of halogens is 1. The number of fused-ring (bicyclic) bond motifs is 1. The average molecular weight is 408 g/mol. The maximum atomic E-state index is 13.1. The molecule has 0 bridgehead atoms. The number of nitrogens with zero attached hydrogens (tertiary/aromatic N) is 3. The minimum absolute atomic E-state index is 0.00992. The number of carbonyl (C=O) groups excluding carboxylic acids is 1. The summed E-state index contributed by atoms with van der Waals surface area (Å²) in [5.41, 5.74) is 1.61. The second-order valence-corrected chi connectivity index (χ2v) is 7.36. The Labute approximate surface area is 171 Å². The Morgan fingerprint density at radius 1 is 1.21 bits per heavy atom. The first-order valence-electron chi connectivity index (χ1n) is 9.00. The van der Waals surface area contributed by atoms with Gasteiger partial charge in [-0.2, -0.15) is 15.1 Å². The Bertz CT molecular complexity index is 1080. The van der Waals surface area contributed by atoms with Crippen LogP contribution in [0, 0.1) is 11.2 Å². The van der Waals surface area contributed by atoms with Gasteiger partial charge < -0.3 is 4.74 Å². The molecule has 0 fully saturated rings. The molecule has 0 saturated heterocycles. The number of carbonyl (C=O) groups is 1.